The number of aldehydes is 3. The van der Waals surface area contributed by atoms with Crippen molar-refractivity contribution in [3.8, 4) is 28.7 Å². The van der Waals surface area contributed by atoms with Crippen LogP contribution < -0.4 is 23.7 Å². The number of halogens is 2. The Hall–Kier alpha value is -9.51. The van der Waals surface area contributed by atoms with E-state index in [1.54, 1.807) is 125 Å². The molecule has 0 bridgehead atoms. The second kappa shape index (κ2) is 33.6. The highest BCUT2D eigenvalue weighted by molar-refractivity contribution is 9.09. The van der Waals surface area contributed by atoms with E-state index in [1.165, 1.54) is 90.7 Å². The van der Waals surface area contributed by atoms with Crippen LogP contribution in [0, 0.1) is 11.8 Å². The number of alkyl halides is 1. The number of nitrogens with zero attached hydrogens (tertiary/aromatic N) is 3. The van der Waals surface area contributed by atoms with Crippen LogP contribution in [0.2, 0.25) is 0 Å². The molecule has 0 saturated heterocycles. The Balaban J connectivity index is 0.000000138. The first kappa shape index (κ1) is 72.8. The zero-order valence-electron chi connectivity index (χ0n) is 54.4. The van der Waals surface area contributed by atoms with E-state index in [9.17, 15) is 39.6 Å². The third-order valence-corrected chi connectivity index (χ3v) is 21.9. The second-order valence-electron chi connectivity index (χ2n) is 22.7. The maximum Gasteiger partial charge on any atom is 0.268 e. The summed E-state index contributed by atoms with van der Waals surface area (Å²) in [7, 11) is 2.01. The van der Waals surface area contributed by atoms with Crippen molar-refractivity contribution in [1.29, 1.82) is 0 Å². The Morgan fingerprint density at radius 1 is 0.469 bits per heavy atom. The summed E-state index contributed by atoms with van der Waals surface area (Å²) in [5.41, 5.74) is 8.41. The van der Waals surface area contributed by atoms with Crippen molar-refractivity contribution in [3.63, 3.8) is 0 Å². The van der Waals surface area contributed by atoms with Crippen LogP contribution >= 0.6 is 26.6 Å². The molecule has 2 fully saturated rings. The predicted molar refractivity (Wildman–Crippen MR) is 389 cm³/mol. The molecular formula is C76H73BrClN3O14S3. The average Bonchev–Trinajstić information content (AvgIpc) is 1.58. The van der Waals surface area contributed by atoms with Gasteiger partial charge in [0.25, 0.3) is 29.1 Å². The van der Waals surface area contributed by atoms with E-state index in [1.807, 2.05) is 72.8 Å². The van der Waals surface area contributed by atoms with Gasteiger partial charge in [-0.05, 0) is 152 Å². The van der Waals surface area contributed by atoms with Gasteiger partial charge in [-0.25, -0.2) is 33.2 Å². The van der Waals surface area contributed by atoms with Crippen molar-refractivity contribution in [3.05, 3.63) is 252 Å². The van der Waals surface area contributed by atoms with Crippen LogP contribution in [0.5, 0.6) is 28.7 Å². The average molecular weight is 1460 g/mol. The zero-order chi connectivity index (χ0) is 70.0. The standard InChI is InChI=1S/C16H13NO4S.C15H13NO3S.C14H15NO2.C11H10O2.C10H10O.C6H5ClO2S.C4H7Br/c1-21-15-9-5-6-12-10-13(11-18)17(16(12)15)22(19,20)14-7-3-2-4-8-14;1-19-14-9-5-6-12-10-11-16(15(12)14)20(17,18)13-7-3-2-4-8-13;1-17-13-4-2-3-11-7-12(9-16)15(14(11)13)8-10-5-6-10;1-13-11-4-2-3-9-5-8(7-12)6-10(9)11;1-11-10-7-3-5-8-4-2-6-9(8)10;7-10(8,9)6-4-2-1-3-5-6;5-3-4-1-2-4/h2-11H,1H3;2-11H,1H3;2-4,7,9-10H,5-6,8H2,1H3;2-5,7H,6H2,1H3;2-5,7H,6H2,1H3;1-5H;4H,1-3H2. The van der Waals surface area contributed by atoms with Crippen LogP contribution in [0.1, 0.15) is 68.9 Å². The van der Waals surface area contributed by atoms with Crippen molar-refractivity contribution in [1.82, 2.24) is 12.5 Å². The van der Waals surface area contributed by atoms with Gasteiger partial charge in [-0.3, -0.25) is 14.4 Å². The summed E-state index contributed by atoms with van der Waals surface area (Å²) >= 11 is 3.38. The van der Waals surface area contributed by atoms with E-state index in [4.69, 9.17) is 34.4 Å². The minimum atomic E-state index is -3.89. The number of fused-ring (bicyclic) bond motifs is 5. The number of allylic oxidation sites excluding steroid dienone is 2. The molecule has 508 valence electrons. The maximum atomic E-state index is 12.9. The van der Waals surface area contributed by atoms with E-state index in [2.05, 4.69) is 38.7 Å². The summed E-state index contributed by atoms with van der Waals surface area (Å²) in [6.45, 7) is 0.929. The Kier molecular flexibility index (Phi) is 25.0. The molecule has 0 aliphatic heterocycles. The first-order valence-corrected chi connectivity index (χ1v) is 37.4. The highest BCUT2D eigenvalue weighted by atomic mass is 79.9. The van der Waals surface area contributed by atoms with E-state index in [0.717, 1.165) is 97.3 Å². The predicted octanol–water partition coefficient (Wildman–Crippen LogP) is 16.0. The third kappa shape index (κ3) is 17.6. The van der Waals surface area contributed by atoms with E-state index in [0.29, 0.717) is 40.6 Å². The molecule has 4 aliphatic carbocycles. The van der Waals surface area contributed by atoms with Gasteiger partial charge in [-0.2, -0.15) is 0 Å². The van der Waals surface area contributed by atoms with Crippen molar-refractivity contribution < 1.29 is 63.3 Å². The quantitative estimate of drug-likeness (QED) is 0.0500. The van der Waals surface area contributed by atoms with Gasteiger partial charge in [0, 0.05) is 62.5 Å². The van der Waals surface area contributed by atoms with Crippen molar-refractivity contribution >= 4 is 119 Å². The molecule has 4 aliphatic rings. The fourth-order valence-corrected chi connectivity index (χ4v) is 15.2. The van der Waals surface area contributed by atoms with Crippen LogP contribution in [0.3, 0.4) is 0 Å². The van der Waals surface area contributed by atoms with Crippen LogP contribution in [0.4, 0.5) is 0 Å². The van der Waals surface area contributed by atoms with Gasteiger partial charge in [-0.15, -0.1) is 0 Å². The Morgan fingerprint density at radius 2 is 0.929 bits per heavy atom. The third-order valence-electron chi connectivity index (χ3n) is 16.2. The minimum Gasteiger partial charge on any atom is -0.496 e. The first-order valence-electron chi connectivity index (χ1n) is 31.1. The summed E-state index contributed by atoms with van der Waals surface area (Å²) in [6.07, 6.45) is 17.3. The lowest BCUT2D eigenvalue weighted by molar-refractivity contribution is -0.104. The summed E-state index contributed by atoms with van der Waals surface area (Å²) in [5.74, 6) is 5.43. The van der Waals surface area contributed by atoms with Gasteiger partial charge < -0.3 is 28.3 Å². The van der Waals surface area contributed by atoms with E-state index < -0.39 is 29.1 Å². The van der Waals surface area contributed by atoms with Crippen molar-refractivity contribution in [2.45, 2.75) is 59.8 Å². The van der Waals surface area contributed by atoms with Gasteiger partial charge in [0.15, 0.2) is 12.6 Å². The number of hydrogen-bond acceptors (Lipinski definition) is 14. The number of ether oxygens (including phenoxy) is 5. The first-order chi connectivity index (χ1) is 47.4. The van der Waals surface area contributed by atoms with E-state index in [-0.39, 0.29) is 20.4 Å². The number of rotatable bonds is 16. The summed E-state index contributed by atoms with van der Waals surface area (Å²) in [4.78, 5) is 33.6. The molecule has 3 aromatic heterocycles. The summed E-state index contributed by atoms with van der Waals surface area (Å²) < 4.78 is 103. The molecule has 0 amide bonds. The van der Waals surface area contributed by atoms with Crippen molar-refractivity contribution in [2.24, 2.45) is 11.8 Å². The molecule has 17 nitrogen and oxygen atoms in total. The van der Waals surface area contributed by atoms with Gasteiger partial charge in [0.05, 0.1) is 67.1 Å². The number of carbonyl (C=O) groups is 3. The number of methoxy groups -OCH3 is 5. The molecule has 22 heteroatoms. The van der Waals surface area contributed by atoms with Gasteiger partial charge >= 0.3 is 0 Å². The van der Waals surface area contributed by atoms with Crippen LogP contribution in [0.15, 0.2) is 233 Å². The fraction of sp³-hybridized carbons (Fsp3) is 0.197. The topological polar surface area (TPSA) is 215 Å². The molecule has 0 atom stereocenters. The summed E-state index contributed by atoms with van der Waals surface area (Å²) in [6, 6.07) is 57.9. The molecule has 15 rings (SSSR count). The lowest BCUT2D eigenvalue weighted by Gasteiger charge is -2.11. The van der Waals surface area contributed by atoms with Crippen molar-refractivity contribution in [2.75, 3.05) is 40.9 Å². The molecule has 0 spiro atoms. The number of aromatic nitrogens is 3. The second-order valence-corrected chi connectivity index (χ2v) is 29.5. The molecule has 0 unspecified atom stereocenters. The SMILES string of the molecule is BrCC1CC1.COc1cccc2c1CC(C=O)=C2.COc1cccc2c1CC=C2.COc1cccc2cc(C=O)n(CC3CC3)c12.COc1cccc2cc(C=O)n(S(=O)(=O)c3ccccc3)c12.COc1cccc2ccn(S(=O)(=O)c3ccccc3)c12.O=S(=O)(Cl)c1ccccc1. The number of carbonyl (C=O) groups excluding carboxylic acids is 3. The number of hydrogen-bond donors (Lipinski definition) is 0. The lowest BCUT2D eigenvalue weighted by atomic mass is 10.1. The monoisotopic (exact) mass is 1460 g/mol. The van der Waals surface area contributed by atoms with Crippen LogP contribution in [0.25, 0.3) is 44.9 Å². The normalized spacial score (nSPS) is 13.2. The largest absolute Gasteiger partial charge is 0.496 e. The van der Waals surface area contributed by atoms with Crippen LogP contribution in [-0.2, 0) is 53.3 Å². The highest BCUT2D eigenvalue weighted by Crippen LogP contribution is 2.37. The molecule has 2 saturated carbocycles. The number of para-hydroxylation sites is 3. The molecule has 8 aromatic carbocycles. The lowest BCUT2D eigenvalue weighted by Crippen LogP contribution is -2.15. The Morgan fingerprint density at radius 3 is 1.42 bits per heavy atom. The molecule has 98 heavy (non-hydrogen) atoms. The molecule has 0 N–H and O–H groups in total. The van der Waals surface area contributed by atoms with Gasteiger partial charge in [-0.1, -0.05) is 143 Å². The maximum absolute atomic E-state index is 12.9. The number of benzene rings is 8. The smallest absolute Gasteiger partial charge is 0.268 e. The minimum absolute atomic E-state index is 0.0587. The van der Waals surface area contributed by atoms with Gasteiger partial charge in [0.1, 0.15) is 46.1 Å². The Labute approximate surface area is 584 Å². The molecule has 3 heterocycles. The summed E-state index contributed by atoms with van der Waals surface area (Å²) in [5, 5.41) is 3.75. The van der Waals surface area contributed by atoms with E-state index >= 15 is 0 Å². The molecule has 0 radical (unpaired) electrons. The molecular weight excluding hydrogens is 1390 g/mol. The molecule has 11 aromatic rings. The zero-order valence-corrected chi connectivity index (χ0v) is 59.2. The fourth-order valence-electron chi connectivity index (χ4n) is 10.9. The van der Waals surface area contributed by atoms with Crippen LogP contribution in [-0.4, -0.2) is 97.5 Å². The van der Waals surface area contributed by atoms with Gasteiger partial charge in [0.2, 0.25) is 0 Å². The highest BCUT2D eigenvalue weighted by Gasteiger charge is 2.27. The Bertz CT molecular complexity index is 5010.